The average Bonchev–Trinajstić information content (AvgIpc) is 2.83. The fourth-order valence-corrected chi connectivity index (χ4v) is 2.62. The van der Waals surface area contributed by atoms with Crippen LogP contribution in [0, 0.1) is 6.92 Å². The van der Waals surface area contributed by atoms with Crippen molar-refractivity contribution in [2.24, 2.45) is 0 Å². The monoisotopic (exact) mass is 322 g/mol. The van der Waals surface area contributed by atoms with Crippen molar-refractivity contribution in [3.8, 4) is 0 Å². The summed E-state index contributed by atoms with van der Waals surface area (Å²) in [7, 11) is 0. The predicted octanol–water partition coefficient (Wildman–Crippen LogP) is 2.14. The predicted molar refractivity (Wildman–Crippen MR) is 84.0 cm³/mol. The van der Waals surface area contributed by atoms with E-state index in [2.05, 4.69) is 20.4 Å². The second kappa shape index (κ2) is 7.26. The topological polar surface area (TPSA) is 101 Å². The molecule has 0 aliphatic carbocycles. The van der Waals surface area contributed by atoms with E-state index in [0.717, 1.165) is 18.5 Å². The number of aryl methyl sites for hydroxylation is 2. The Morgan fingerprint density at radius 3 is 2.91 bits per heavy atom. The molecule has 1 amide bonds. The molecule has 22 heavy (non-hydrogen) atoms. The highest BCUT2D eigenvalue weighted by atomic mass is 32.2. The molecule has 0 bridgehead atoms. The zero-order chi connectivity index (χ0) is 16.1. The summed E-state index contributed by atoms with van der Waals surface area (Å²) in [4.78, 5) is 30.7. The molecule has 7 nitrogen and oxygen atoms in total. The first-order chi connectivity index (χ1) is 10.5. The molecule has 8 heteroatoms. The number of carbonyl (C=O) groups is 1. The first-order valence-electron chi connectivity index (χ1n) is 6.99. The molecule has 0 saturated carbocycles. The van der Waals surface area contributed by atoms with E-state index < -0.39 is 5.25 Å². The average molecular weight is 322 g/mol. The van der Waals surface area contributed by atoms with Crippen molar-refractivity contribution >= 4 is 23.6 Å². The van der Waals surface area contributed by atoms with Crippen molar-refractivity contribution in [1.29, 1.82) is 0 Å². The molecule has 2 N–H and O–H groups in total. The van der Waals surface area contributed by atoms with Crippen LogP contribution in [0.5, 0.6) is 0 Å². The Balaban J connectivity index is 2.03. The third kappa shape index (κ3) is 4.45. The summed E-state index contributed by atoms with van der Waals surface area (Å²) in [6.07, 6.45) is 1.64. The van der Waals surface area contributed by atoms with Crippen LogP contribution in [0.4, 0.5) is 5.88 Å². The van der Waals surface area contributed by atoms with Gasteiger partial charge in [0.2, 0.25) is 11.8 Å². The number of nitrogens with zero attached hydrogens (tertiary/aromatic N) is 2. The van der Waals surface area contributed by atoms with Crippen LogP contribution in [0.15, 0.2) is 26.6 Å². The summed E-state index contributed by atoms with van der Waals surface area (Å²) in [6.45, 7) is 5.52. The van der Waals surface area contributed by atoms with Crippen molar-refractivity contribution in [3.63, 3.8) is 0 Å². The number of hydrogen-bond donors (Lipinski definition) is 2. The number of hydrogen-bond acceptors (Lipinski definition) is 6. The lowest BCUT2D eigenvalue weighted by Crippen LogP contribution is -2.23. The number of thioether (sulfide) groups is 1. The van der Waals surface area contributed by atoms with E-state index in [1.807, 2.05) is 6.92 Å². The van der Waals surface area contributed by atoms with Crippen LogP contribution in [-0.2, 0) is 11.2 Å². The SMILES string of the molecule is CCCc1cc(=O)[nH]c(SC(C)C(=O)Nc2cc(C)no2)n1. The third-order valence-corrected chi connectivity index (χ3v) is 3.80. The number of H-pyrrole nitrogens is 1. The summed E-state index contributed by atoms with van der Waals surface area (Å²) in [5.74, 6) is 0.0563. The van der Waals surface area contributed by atoms with E-state index in [0.29, 0.717) is 16.7 Å². The minimum absolute atomic E-state index is 0.209. The molecule has 118 valence electrons. The molecule has 0 spiro atoms. The Bertz CT molecular complexity index is 710. The molecular weight excluding hydrogens is 304 g/mol. The fourth-order valence-electron chi connectivity index (χ4n) is 1.79. The van der Waals surface area contributed by atoms with E-state index in [1.165, 1.54) is 17.8 Å². The highest BCUT2D eigenvalue weighted by Gasteiger charge is 2.18. The standard InChI is InChI=1S/C14H18N4O3S/c1-4-5-10-7-11(19)16-14(15-10)22-9(3)13(20)17-12-6-8(2)18-21-12/h6-7,9H,4-5H2,1-3H3,(H,17,20)(H,15,16,19). The molecule has 0 radical (unpaired) electrons. The molecule has 2 aromatic heterocycles. The number of nitrogens with one attached hydrogen (secondary N) is 2. The van der Waals surface area contributed by atoms with E-state index in [4.69, 9.17) is 4.52 Å². The summed E-state index contributed by atoms with van der Waals surface area (Å²) in [5.41, 5.74) is 1.21. The van der Waals surface area contributed by atoms with Crippen LogP contribution >= 0.6 is 11.8 Å². The number of amides is 1. The van der Waals surface area contributed by atoms with Gasteiger partial charge in [0.25, 0.3) is 5.56 Å². The molecule has 1 atom stereocenters. The van der Waals surface area contributed by atoms with Gasteiger partial charge in [-0.25, -0.2) is 4.98 Å². The maximum atomic E-state index is 12.1. The molecule has 0 aromatic carbocycles. The maximum Gasteiger partial charge on any atom is 0.251 e. The van der Waals surface area contributed by atoms with Gasteiger partial charge in [0.05, 0.1) is 10.9 Å². The van der Waals surface area contributed by atoms with Crippen molar-refractivity contribution < 1.29 is 9.32 Å². The van der Waals surface area contributed by atoms with Gasteiger partial charge < -0.3 is 9.51 Å². The van der Waals surface area contributed by atoms with Crippen LogP contribution in [0.2, 0.25) is 0 Å². The minimum atomic E-state index is -0.439. The first-order valence-corrected chi connectivity index (χ1v) is 7.87. The lowest BCUT2D eigenvalue weighted by Gasteiger charge is -2.10. The fraction of sp³-hybridized carbons (Fsp3) is 0.429. The van der Waals surface area contributed by atoms with Crippen LogP contribution in [-0.4, -0.2) is 26.3 Å². The molecule has 0 aliphatic heterocycles. The van der Waals surface area contributed by atoms with Gasteiger partial charge in [-0.05, 0) is 20.3 Å². The number of aromatic nitrogens is 3. The zero-order valence-electron chi connectivity index (χ0n) is 12.7. The van der Waals surface area contributed by atoms with E-state index in [-0.39, 0.29) is 11.5 Å². The van der Waals surface area contributed by atoms with Gasteiger partial charge in [-0.3, -0.25) is 14.9 Å². The molecule has 2 heterocycles. The van der Waals surface area contributed by atoms with Crippen molar-refractivity contribution in [3.05, 3.63) is 33.9 Å². The Labute approximate surface area is 131 Å². The molecule has 2 rings (SSSR count). The number of rotatable bonds is 6. The molecule has 0 saturated heterocycles. The molecule has 1 unspecified atom stereocenters. The molecule has 0 aliphatic rings. The van der Waals surface area contributed by atoms with Crippen LogP contribution in [0.3, 0.4) is 0 Å². The second-order valence-electron chi connectivity index (χ2n) is 4.87. The van der Waals surface area contributed by atoms with E-state index in [9.17, 15) is 9.59 Å². The van der Waals surface area contributed by atoms with Gasteiger partial charge in [0.1, 0.15) is 0 Å². The van der Waals surface area contributed by atoms with Gasteiger partial charge in [-0.1, -0.05) is 30.3 Å². The highest BCUT2D eigenvalue weighted by Crippen LogP contribution is 2.20. The van der Waals surface area contributed by atoms with E-state index in [1.54, 1.807) is 19.9 Å². The Morgan fingerprint density at radius 1 is 1.50 bits per heavy atom. The van der Waals surface area contributed by atoms with Crippen molar-refractivity contribution in [2.45, 2.75) is 44.0 Å². The smallest absolute Gasteiger partial charge is 0.251 e. The second-order valence-corrected chi connectivity index (χ2v) is 6.20. The normalized spacial score (nSPS) is 12.1. The maximum absolute atomic E-state index is 12.1. The number of anilines is 1. The van der Waals surface area contributed by atoms with Gasteiger partial charge in [0.15, 0.2) is 5.16 Å². The van der Waals surface area contributed by atoms with Crippen LogP contribution in [0.1, 0.15) is 31.7 Å². The van der Waals surface area contributed by atoms with Crippen molar-refractivity contribution in [2.75, 3.05) is 5.32 Å². The van der Waals surface area contributed by atoms with Gasteiger partial charge >= 0.3 is 0 Å². The summed E-state index contributed by atoms with van der Waals surface area (Å²) < 4.78 is 4.94. The molecule has 0 fully saturated rings. The van der Waals surface area contributed by atoms with Crippen molar-refractivity contribution in [1.82, 2.24) is 15.1 Å². The lowest BCUT2D eigenvalue weighted by molar-refractivity contribution is -0.115. The molecule has 2 aromatic rings. The Kier molecular flexibility index (Phi) is 5.37. The minimum Gasteiger partial charge on any atom is -0.338 e. The van der Waals surface area contributed by atoms with E-state index >= 15 is 0 Å². The number of aromatic amines is 1. The van der Waals surface area contributed by atoms with Crippen LogP contribution in [0.25, 0.3) is 0 Å². The first kappa shape index (κ1) is 16.3. The van der Waals surface area contributed by atoms with Gasteiger partial charge in [-0.15, -0.1) is 0 Å². The highest BCUT2D eigenvalue weighted by molar-refractivity contribution is 8.00. The summed E-state index contributed by atoms with van der Waals surface area (Å²) in [5, 5.41) is 6.33. The largest absolute Gasteiger partial charge is 0.338 e. The third-order valence-electron chi connectivity index (χ3n) is 2.81. The van der Waals surface area contributed by atoms with Crippen LogP contribution < -0.4 is 10.9 Å². The Hall–Kier alpha value is -2.09. The molecular formula is C14H18N4O3S. The number of carbonyl (C=O) groups excluding carboxylic acids is 1. The lowest BCUT2D eigenvalue weighted by atomic mass is 10.2. The summed E-state index contributed by atoms with van der Waals surface area (Å²) >= 11 is 1.19. The Morgan fingerprint density at radius 2 is 2.27 bits per heavy atom. The van der Waals surface area contributed by atoms with Gasteiger partial charge in [0, 0.05) is 17.8 Å². The summed E-state index contributed by atoms with van der Waals surface area (Å²) in [6, 6.07) is 3.12. The quantitative estimate of drug-likeness (QED) is 0.624. The zero-order valence-corrected chi connectivity index (χ0v) is 13.5. The van der Waals surface area contributed by atoms with Gasteiger partial charge in [-0.2, -0.15) is 0 Å².